The number of para-hydroxylation sites is 1. The maximum Gasteiger partial charge on any atom is 0.358 e. The van der Waals surface area contributed by atoms with Gasteiger partial charge in [-0.3, -0.25) is 4.98 Å². The van der Waals surface area contributed by atoms with Crippen molar-refractivity contribution >= 4 is 5.97 Å². The third kappa shape index (κ3) is 3.47. The van der Waals surface area contributed by atoms with Gasteiger partial charge in [0, 0.05) is 11.8 Å². The van der Waals surface area contributed by atoms with Crippen molar-refractivity contribution in [3.05, 3.63) is 47.5 Å². The molecule has 0 atom stereocenters. The van der Waals surface area contributed by atoms with Crippen molar-refractivity contribution in [3.8, 4) is 11.5 Å². The van der Waals surface area contributed by atoms with Crippen LogP contribution in [0.25, 0.3) is 0 Å². The first-order valence-corrected chi connectivity index (χ1v) is 6.31. The molecule has 6 heteroatoms. The minimum Gasteiger partial charge on any atom is -0.493 e. The SMILES string of the molecule is COc1cccc(COC(=O)c2cnc(C)cn2)c1OC. The van der Waals surface area contributed by atoms with Crippen LogP contribution in [0.4, 0.5) is 0 Å². The number of carbonyl (C=O) groups excluding carboxylic acids is 1. The second kappa shape index (κ2) is 6.69. The Morgan fingerprint density at radius 1 is 1.14 bits per heavy atom. The van der Waals surface area contributed by atoms with Crippen molar-refractivity contribution in [1.29, 1.82) is 0 Å². The van der Waals surface area contributed by atoms with E-state index in [0.717, 1.165) is 5.69 Å². The van der Waals surface area contributed by atoms with E-state index in [4.69, 9.17) is 14.2 Å². The summed E-state index contributed by atoms with van der Waals surface area (Å²) in [4.78, 5) is 19.9. The summed E-state index contributed by atoms with van der Waals surface area (Å²) < 4.78 is 15.7. The Balaban J connectivity index is 2.09. The Bertz CT molecular complexity index is 626. The number of rotatable bonds is 5. The van der Waals surface area contributed by atoms with E-state index in [0.29, 0.717) is 17.1 Å². The van der Waals surface area contributed by atoms with E-state index >= 15 is 0 Å². The molecule has 1 heterocycles. The first kappa shape index (κ1) is 14.8. The van der Waals surface area contributed by atoms with Crippen LogP contribution in [-0.4, -0.2) is 30.2 Å². The van der Waals surface area contributed by atoms with E-state index < -0.39 is 5.97 Å². The van der Waals surface area contributed by atoms with Gasteiger partial charge >= 0.3 is 5.97 Å². The van der Waals surface area contributed by atoms with Crippen LogP contribution >= 0.6 is 0 Å². The first-order chi connectivity index (χ1) is 10.2. The molecule has 1 aromatic carbocycles. The Labute approximate surface area is 122 Å². The zero-order valence-electron chi connectivity index (χ0n) is 12.1. The zero-order chi connectivity index (χ0) is 15.2. The lowest BCUT2D eigenvalue weighted by atomic mass is 10.2. The Hall–Kier alpha value is -2.63. The van der Waals surface area contributed by atoms with Crippen LogP contribution in [0.15, 0.2) is 30.6 Å². The predicted octanol–water partition coefficient (Wildman–Crippen LogP) is 2.16. The molecule has 0 aliphatic carbocycles. The number of benzene rings is 1. The lowest BCUT2D eigenvalue weighted by molar-refractivity contribution is 0.0462. The first-order valence-electron chi connectivity index (χ1n) is 6.31. The van der Waals surface area contributed by atoms with Crippen LogP contribution in [0.1, 0.15) is 21.7 Å². The molecule has 0 spiro atoms. The number of aryl methyl sites for hydroxylation is 1. The summed E-state index contributed by atoms with van der Waals surface area (Å²) in [5.41, 5.74) is 1.62. The molecule has 110 valence electrons. The number of hydrogen-bond donors (Lipinski definition) is 0. The third-order valence-electron chi connectivity index (χ3n) is 2.83. The van der Waals surface area contributed by atoms with Crippen LogP contribution < -0.4 is 9.47 Å². The molecule has 0 radical (unpaired) electrons. The van der Waals surface area contributed by atoms with Gasteiger partial charge in [-0.25, -0.2) is 9.78 Å². The monoisotopic (exact) mass is 288 g/mol. The Morgan fingerprint density at radius 3 is 2.57 bits per heavy atom. The van der Waals surface area contributed by atoms with Gasteiger partial charge in [0.05, 0.1) is 26.1 Å². The molecule has 2 rings (SSSR count). The third-order valence-corrected chi connectivity index (χ3v) is 2.83. The molecule has 0 N–H and O–H groups in total. The van der Waals surface area contributed by atoms with E-state index in [1.165, 1.54) is 19.5 Å². The number of methoxy groups -OCH3 is 2. The molecular formula is C15H16N2O4. The van der Waals surface area contributed by atoms with Gasteiger partial charge in [0.15, 0.2) is 17.2 Å². The van der Waals surface area contributed by atoms with E-state index in [-0.39, 0.29) is 12.3 Å². The lowest BCUT2D eigenvalue weighted by Crippen LogP contribution is -2.09. The molecule has 21 heavy (non-hydrogen) atoms. The molecule has 0 aliphatic heterocycles. The fourth-order valence-corrected chi connectivity index (χ4v) is 1.78. The Kier molecular flexibility index (Phi) is 4.71. The summed E-state index contributed by atoms with van der Waals surface area (Å²) in [6, 6.07) is 5.38. The maximum absolute atomic E-state index is 11.9. The molecule has 1 aromatic heterocycles. The van der Waals surface area contributed by atoms with Crippen molar-refractivity contribution in [2.24, 2.45) is 0 Å². The predicted molar refractivity (Wildman–Crippen MR) is 75.4 cm³/mol. The molecule has 0 saturated carbocycles. The highest BCUT2D eigenvalue weighted by Gasteiger charge is 2.13. The van der Waals surface area contributed by atoms with Crippen molar-refractivity contribution in [3.63, 3.8) is 0 Å². The van der Waals surface area contributed by atoms with Gasteiger partial charge in [0.25, 0.3) is 0 Å². The van der Waals surface area contributed by atoms with Crippen molar-refractivity contribution in [2.45, 2.75) is 13.5 Å². The van der Waals surface area contributed by atoms with E-state index in [1.54, 1.807) is 32.2 Å². The summed E-state index contributed by atoms with van der Waals surface area (Å²) in [6.45, 7) is 1.86. The number of hydrogen-bond acceptors (Lipinski definition) is 6. The molecule has 6 nitrogen and oxygen atoms in total. The lowest BCUT2D eigenvalue weighted by Gasteiger charge is -2.12. The highest BCUT2D eigenvalue weighted by atomic mass is 16.5. The Morgan fingerprint density at radius 2 is 1.95 bits per heavy atom. The van der Waals surface area contributed by atoms with Gasteiger partial charge in [-0.15, -0.1) is 0 Å². The number of ether oxygens (including phenoxy) is 3. The number of carbonyl (C=O) groups is 1. The van der Waals surface area contributed by atoms with Gasteiger partial charge in [-0.05, 0) is 13.0 Å². The molecule has 2 aromatic rings. The molecule has 0 unspecified atom stereocenters. The van der Waals surface area contributed by atoms with Gasteiger partial charge in [-0.1, -0.05) is 12.1 Å². The summed E-state index contributed by atoms with van der Waals surface area (Å²) in [5, 5.41) is 0. The van der Waals surface area contributed by atoms with Gasteiger partial charge in [-0.2, -0.15) is 0 Å². The average molecular weight is 288 g/mol. The highest BCUT2D eigenvalue weighted by Crippen LogP contribution is 2.31. The minimum atomic E-state index is -0.535. The molecule has 0 saturated heterocycles. The van der Waals surface area contributed by atoms with Gasteiger partial charge in [0.1, 0.15) is 6.61 Å². The normalized spacial score (nSPS) is 10.0. The molecule has 0 amide bonds. The molecular weight excluding hydrogens is 272 g/mol. The van der Waals surface area contributed by atoms with Gasteiger partial charge in [0.2, 0.25) is 0 Å². The molecule has 0 bridgehead atoms. The van der Waals surface area contributed by atoms with Crippen molar-refractivity contribution < 1.29 is 19.0 Å². The van der Waals surface area contributed by atoms with E-state index in [2.05, 4.69) is 9.97 Å². The van der Waals surface area contributed by atoms with Crippen LogP contribution in [0, 0.1) is 6.92 Å². The summed E-state index contributed by atoms with van der Waals surface area (Å²) in [7, 11) is 3.09. The quantitative estimate of drug-likeness (QED) is 0.785. The number of nitrogens with zero attached hydrogens (tertiary/aromatic N) is 2. The summed E-state index contributed by atoms with van der Waals surface area (Å²) in [6.07, 6.45) is 2.91. The average Bonchev–Trinajstić information content (AvgIpc) is 2.52. The van der Waals surface area contributed by atoms with Crippen LogP contribution in [-0.2, 0) is 11.3 Å². The number of esters is 1. The van der Waals surface area contributed by atoms with E-state index in [1.807, 2.05) is 0 Å². The minimum absolute atomic E-state index is 0.0642. The summed E-state index contributed by atoms with van der Waals surface area (Å²) in [5.74, 6) is 0.594. The largest absolute Gasteiger partial charge is 0.493 e. The summed E-state index contributed by atoms with van der Waals surface area (Å²) >= 11 is 0. The van der Waals surface area contributed by atoms with Crippen LogP contribution in [0.5, 0.6) is 11.5 Å². The highest BCUT2D eigenvalue weighted by molar-refractivity contribution is 5.86. The second-order valence-electron chi connectivity index (χ2n) is 4.27. The van der Waals surface area contributed by atoms with Crippen molar-refractivity contribution in [1.82, 2.24) is 9.97 Å². The molecule has 0 aliphatic rings. The van der Waals surface area contributed by atoms with Crippen LogP contribution in [0.2, 0.25) is 0 Å². The zero-order valence-corrected chi connectivity index (χ0v) is 12.1. The van der Waals surface area contributed by atoms with Gasteiger partial charge < -0.3 is 14.2 Å². The maximum atomic E-state index is 11.9. The smallest absolute Gasteiger partial charge is 0.358 e. The van der Waals surface area contributed by atoms with Crippen LogP contribution in [0.3, 0.4) is 0 Å². The topological polar surface area (TPSA) is 70.5 Å². The standard InChI is InChI=1S/C15H16N2O4/c1-10-7-17-12(8-16-10)15(18)21-9-11-5-4-6-13(19-2)14(11)20-3/h4-8H,9H2,1-3H3. The number of aromatic nitrogens is 2. The van der Waals surface area contributed by atoms with Crippen molar-refractivity contribution in [2.75, 3.05) is 14.2 Å². The fourth-order valence-electron chi connectivity index (χ4n) is 1.78. The second-order valence-corrected chi connectivity index (χ2v) is 4.27. The molecule has 0 fully saturated rings. The van der Waals surface area contributed by atoms with E-state index in [9.17, 15) is 4.79 Å². The fraction of sp³-hybridized carbons (Fsp3) is 0.267.